The zero-order valence-corrected chi connectivity index (χ0v) is 20.1. The molecule has 1 amide bonds. The summed E-state index contributed by atoms with van der Waals surface area (Å²) in [5.41, 5.74) is 0.508. The number of fused-ring (bicyclic) bond motifs is 1. The van der Waals surface area contributed by atoms with Gasteiger partial charge < -0.3 is 0 Å². The Morgan fingerprint density at radius 2 is 1.82 bits per heavy atom. The molecule has 176 valence electrons. The molecule has 33 heavy (non-hydrogen) atoms. The Morgan fingerprint density at radius 1 is 1.12 bits per heavy atom. The van der Waals surface area contributed by atoms with Crippen LogP contribution in [0.3, 0.4) is 0 Å². The number of nitrogens with zero attached hydrogens (tertiary/aromatic N) is 3. The highest BCUT2D eigenvalue weighted by Crippen LogP contribution is 2.30. The minimum atomic E-state index is -3.65. The number of nitrogens with one attached hydrogen (secondary N) is 1. The topological polar surface area (TPSA) is 123 Å². The maximum atomic E-state index is 13.2. The highest BCUT2D eigenvalue weighted by molar-refractivity contribution is 7.89. The number of anilines is 1. The van der Waals surface area contributed by atoms with Crippen LogP contribution < -0.4 is 5.32 Å². The molecule has 0 atom stereocenters. The first-order valence-corrected chi connectivity index (χ1v) is 13.0. The lowest BCUT2D eigenvalue weighted by Crippen LogP contribution is -2.33. The number of benzene rings is 2. The Morgan fingerprint density at radius 3 is 2.45 bits per heavy atom. The molecule has 3 rings (SSSR count). The fourth-order valence-corrected chi connectivity index (χ4v) is 5.74. The molecular weight excluding hydrogens is 464 g/mol. The van der Waals surface area contributed by atoms with E-state index in [1.165, 1.54) is 34.6 Å². The van der Waals surface area contributed by atoms with Crippen molar-refractivity contribution in [2.45, 2.75) is 44.4 Å². The summed E-state index contributed by atoms with van der Waals surface area (Å²) in [6, 6.07) is 10.1. The fraction of sp³-hybridized carbons (Fsp3) is 0.364. The van der Waals surface area contributed by atoms with Gasteiger partial charge in [0.2, 0.25) is 10.0 Å². The van der Waals surface area contributed by atoms with Gasteiger partial charge in [-0.1, -0.05) is 44.1 Å². The van der Waals surface area contributed by atoms with Gasteiger partial charge in [-0.15, -0.1) is 0 Å². The zero-order chi connectivity index (χ0) is 24.0. The van der Waals surface area contributed by atoms with Gasteiger partial charge >= 0.3 is 0 Å². The van der Waals surface area contributed by atoms with Crippen molar-refractivity contribution in [3.05, 3.63) is 58.1 Å². The third-order valence-corrected chi connectivity index (χ3v) is 7.89. The minimum absolute atomic E-state index is 0.134. The van der Waals surface area contributed by atoms with Crippen molar-refractivity contribution in [1.82, 2.24) is 9.29 Å². The SMILES string of the molecule is CCCCN(CCCC)S(=O)(=O)c1ccc2nc(NC(=O)c3cccc([N+](=O)[O-])c3)sc2c1. The van der Waals surface area contributed by atoms with E-state index in [0.717, 1.165) is 37.0 Å². The van der Waals surface area contributed by atoms with E-state index in [9.17, 15) is 23.3 Å². The molecule has 0 spiro atoms. The number of amides is 1. The van der Waals surface area contributed by atoms with E-state index >= 15 is 0 Å². The molecule has 0 radical (unpaired) electrons. The largest absolute Gasteiger partial charge is 0.298 e. The lowest BCUT2D eigenvalue weighted by Gasteiger charge is -2.21. The summed E-state index contributed by atoms with van der Waals surface area (Å²) in [4.78, 5) is 27.4. The summed E-state index contributed by atoms with van der Waals surface area (Å²) in [7, 11) is -3.65. The minimum Gasteiger partial charge on any atom is -0.298 e. The summed E-state index contributed by atoms with van der Waals surface area (Å²) in [5, 5.41) is 13.9. The number of carbonyl (C=O) groups is 1. The van der Waals surface area contributed by atoms with Crippen molar-refractivity contribution in [3.63, 3.8) is 0 Å². The van der Waals surface area contributed by atoms with E-state index in [1.807, 2.05) is 13.8 Å². The van der Waals surface area contributed by atoms with Crippen LogP contribution in [-0.4, -0.2) is 41.6 Å². The molecule has 1 N–H and O–H groups in total. The molecule has 11 heteroatoms. The van der Waals surface area contributed by atoms with E-state index in [2.05, 4.69) is 10.3 Å². The number of nitro groups is 1. The fourth-order valence-electron chi connectivity index (χ4n) is 3.22. The van der Waals surface area contributed by atoms with Gasteiger partial charge in [-0.2, -0.15) is 4.31 Å². The third-order valence-electron chi connectivity index (χ3n) is 5.06. The number of aromatic nitrogens is 1. The number of nitro benzene ring substituents is 1. The monoisotopic (exact) mass is 490 g/mol. The van der Waals surface area contributed by atoms with Gasteiger partial charge in [-0.25, -0.2) is 13.4 Å². The molecule has 2 aromatic carbocycles. The highest BCUT2D eigenvalue weighted by Gasteiger charge is 2.24. The summed E-state index contributed by atoms with van der Waals surface area (Å²) in [6.07, 6.45) is 3.39. The average molecular weight is 491 g/mol. The van der Waals surface area contributed by atoms with Crippen molar-refractivity contribution < 1.29 is 18.1 Å². The standard InChI is InChI=1S/C22H26N4O5S2/c1-3-5-12-25(13-6-4-2)33(30,31)18-10-11-19-20(15-18)32-22(23-19)24-21(27)16-8-7-9-17(14-16)26(28)29/h7-11,14-15H,3-6,12-13H2,1-2H3,(H,23,24,27). The molecule has 3 aromatic rings. The quantitative estimate of drug-likeness (QED) is 0.296. The maximum Gasteiger partial charge on any atom is 0.270 e. The zero-order valence-electron chi connectivity index (χ0n) is 18.5. The van der Waals surface area contributed by atoms with Crippen LogP contribution >= 0.6 is 11.3 Å². The van der Waals surface area contributed by atoms with Gasteiger partial charge in [0.15, 0.2) is 5.13 Å². The number of non-ortho nitro benzene ring substituents is 1. The molecular formula is C22H26N4O5S2. The normalized spacial score (nSPS) is 11.7. The number of hydrogen-bond acceptors (Lipinski definition) is 7. The first-order valence-electron chi connectivity index (χ1n) is 10.7. The van der Waals surface area contributed by atoms with Gasteiger partial charge in [-0.05, 0) is 37.1 Å². The average Bonchev–Trinajstić information content (AvgIpc) is 3.20. The number of carbonyl (C=O) groups excluding carboxylic acids is 1. The van der Waals surface area contributed by atoms with E-state index in [0.29, 0.717) is 23.3 Å². The van der Waals surface area contributed by atoms with Gasteiger partial charge in [0.25, 0.3) is 11.6 Å². The van der Waals surface area contributed by atoms with Crippen molar-refractivity contribution in [1.29, 1.82) is 0 Å². The lowest BCUT2D eigenvalue weighted by atomic mass is 10.2. The molecule has 1 aromatic heterocycles. The van der Waals surface area contributed by atoms with Crippen LogP contribution in [0.4, 0.5) is 10.8 Å². The van der Waals surface area contributed by atoms with E-state index < -0.39 is 20.9 Å². The smallest absolute Gasteiger partial charge is 0.270 e. The molecule has 0 saturated heterocycles. The van der Waals surface area contributed by atoms with Crippen molar-refractivity contribution in [2.75, 3.05) is 18.4 Å². The summed E-state index contributed by atoms with van der Waals surface area (Å²) < 4.78 is 28.6. The second-order valence-corrected chi connectivity index (χ2v) is 10.5. The molecule has 0 aliphatic rings. The Balaban J connectivity index is 1.84. The number of rotatable bonds is 11. The first-order chi connectivity index (χ1) is 15.8. The van der Waals surface area contributed by atoms with Crippen LogP contribution in [0.1, 0.15) is 49.9 Å². The van der Waals surface area contributed by atoms with Crippen LogP contribution in [0.2, 0.25) is 0 Å². The third kappa shape index (κ3) is 5.92. The molecule has 0 aliphatic heterocycles. The van der Waals surface area contributed by atoms with Crippen LogP contribution in [0.15, 0.2) is 47.4 Å². The molecule has 0 bridgehead atoms. The van der Waals surface area contributed by atoms with Crippen LogP contribution in [0.25, 0.3) is 10.2 Å². The van der Waals surface area contributed by atoms with Crippen molar-refractivity contribution in [2.24, 2.45) is 0 Å². The van der Waals surface area contributed by atoms with Crippen molar-refractivity contribution >= 4 is 48.3 Å². The summed E-state index contributed by atoms with van der Waals surface area (Å²) in [6.45, 7) is 5.00. The highest BCUT2D eigenvalue weighted by atomic mass is 32.2. The molecule has 0 unspecified atom stereocenters. The van der Waals surface area contributed by atoms with Gasteiger partial charge in [0.05, 0.1) is 20.0 Å². The van der Waals surface area contributed by atoms with Crippen LogP contribution in [0, 0.1) is 10.1 Å². The molecule has 1 heterocycles. The maximum absolute atomic E-state index is 13.2. The molecule has 0 saturated carbocycles. The Hall–Kier alpha value is -2.89. The Bertz CT molecular complexity index is 1250. The number of unbranched alkanes of at least 4 members (excludes halogenated alkanes) is 2. The van der Waals surface area contributed by atoms with Gasteiger partial charge in [0, 0.05) is 30.8 Å². The second kappa shape index (κ2) is 10.8. The second-order valence-electron chi connectivity index (χ2n) is 7.52. The Kier molecular flexibility index (Phi) is 8.11. The number of sulfonamides is 1. The van der Waals surface area contributed by atoms with E-state index in [1.54, 1.807) is 12.1 Å². The number of thiazole rings is 1. The van der Waals surface area contributed by atoms with Gasteiger partial charge in [-0.3, -0.25) is 20.2 Å². The van der Waals surface area contributed by atoms with E-state index in [4.69, 9.17) is 0 Å². The predicted octanol–water partition coefficient (Wildman–Crippen LogP) is 5.05. The Labute approximate surface area is 196 Å². The van der Waals surface area contributed by atoms with E-state index in [-0.39, 0.29) is 21.3 Å². The van der Waals surface area contributed by atoms with Crippen LogP contribution in [0.5, 0.6) is 0 Å². The lowest BCUT2D eigenvalue weighted by molar-refractivity contribution is -0.384. The van der Waals surface area contributed by atoms with Crippen LogP contribution in [-0.2, 0) is 10.0 Å². The predicted molar refractivity (Wildman–Crippen MR) is 129 cm³/mol. The molecule has 9 nitrogen and oxygen atoms in total. The first kappa shape index (κ1) is 24.7. The molecule has 0 aliphatic carbocycles. The summed E-state index contributed by atoms with van der Waals surface area (Å²) >= 11 is 1.15. The number of hydrogen-bond donors (Lipinski definition) is 1. The van der Waals surface area contributed by atoms with Crippen molar-refractivity contribution in [3.8, 4) is 0 Å². The molecule has 0 fully saturated rings. The summed E-state index contributed by atoms with van der Waals surface area (Å²) in [5.74, 6) is -0.532. The van der Waals surface area contributed by atoms with Gasteiger partial charge in [0.1, 0.15) is 0 Å².